The van der Waals surface area contributed by atoms with Crippen LogP contribution in [0.3, 0.4) is 0 Å². The third-order valence-electron chi connectivity index (χ3n) is 3.50. The molecule has 0 N–H and O–H groups in total. The highest BCUT2D eigenvalue weighted by Crippen LogP contribution is 2.23. The van der Waals surface area contributed by atoms with Gasteiger partial charge in [-0.15, -0.1) is 0 Å². The largest absolute Gasteiger partial charge is 0.329 e. The third kappa shape index (κ3) is 3.01. The molecule has 0 radical (unpaired) electrons. The zero-order valence-electron chi connectivity index (χ0n) is 12.5. The van der Waals surface area contributed by atoms with Crippen molar-refractivity contribution in [2.45, 2.75) is 13.5 Å². The van der Waals surface area contributed by atoms with Gasteiger partial charge < -0.3 is 4.90 Å². The molecule has 0 aliphatic heterocycles. The SMILES string of the molecule is Cc1ccc2ccc3ccc(CN(C=C=O)C=C=O)nc3c2n1. The Balaban J connectivity index is 2.13. The van der Waals surface area contributed by atoms with Crippen LogP contribution in [0.4, 0.5) is 0 Å². The fourth-order valence-corrected chi connectivity index (χ4v) is 2.44. The molecule has 0 unspecified atom stereocenters. The molecule has 3 aromatic rings. The summed E-state index contributed by atoms with van der Waals surface area (Å²) >= 11 is 0. The summed E-state index contributed by atoms with van der Waals surface area (Å²) in [5.74, 6) is 3.30. The van der Waals surface area contributed by atoms with Crippen LogP contribution in [0.15, 0.2) is 48.8 Å². The van der Waals surface area contributed by atoms with Crippen molar-refractivity contribution in [2.75, 3.05) is 0 Å². The first-order chi connectivity index (χ1) is 11.2. The Kier molecular flexibility index (Phi) is 3.98. The van der Waals surface area contributed by atoms with E-state index in [1.807, 2.05) is 43.3 Å². The maximum atomic E-state index is 10.5. The lowest BCUT2D eigenvalue weighted by Gasteiger charge is -2.12. The molecule has 0 saturated heterocycles. The average Bonchev–Trinajstić information content (AvgIpc) is 2.55. The summed E-state index contributed by atoms with van der Waals surface area (Å²) in [6, 6.07) is 11.8. The number of rotatable bonds is 4. The number of benzene rings is 1. The zero-order chi connectivity index (χ0) is 16.2. The molecule has 2 aromatic heterocycles. The molecule has 3 rings (SSSR count). The second-order valence-corrected chi connectivity index (χ2v) is 5.13. The third-order valence-corrected chi connectivity index (χ3v) is 3.50. The van der Waals surface area contributed by atoms with Crippen molar-refractivity contribution in [1.82, 2.24) is 14.9 Å². The minimum Gasteiger partial charge on any atom is -0.329 e. The number of pyridine rings is 2. The molecule has 0 aliphatic rings. The minimum atomic E-state index is 0.280. The number of aromatic nitrogens is 2. The summed E-state index contributed by atoms with van der Waals surface area (Å²) in [6.07, 6.45) is 2.28. The molecule has 1 aromatic carbocycles. The topological polar surface area (TPSA) is 63.2 Å². The van der Waals surface area contributed by atoms with Gasteiger partial charge in [0.2, 0.25) is 0 Å². The molecule has 2 heterocycles. The van der Waals surface area contributed by atoms with Crippen molar-refractivity contribution in [3.05, 3.63) is 60.2 Å². The molecule has 0 atom stereocenters. The van der Waals surface area contributed by atoms with E-state index in [0.717, 1.165) is 39.9 Å². The quantitative estimate of drug-likeness (QED) is 0.547. The first-order valence-corrected chi connectivity index (χ1v) is 7.05. The zero-order valence-corrected chi connectivity index (χ0v) is 12.5. The van der Waals surface area contributed by atoms with Crippen molar-refractivity contribution < 1.29 is 9.59 Å². The summed E-state index contributed by atoms with van der Waals surface area (Å²) in [5, 5.41) is 2.01. The van der Waals surface area contributed by atoms with Crippen molar-refractivity contribution in [2.24, 2.45) is 0 Å². The maximum Gasteiger partial charge on any atom is 0.142 e. The van der Waals surface area contributed by atoms with E-state index < -0.39 is 0 Å². The molecular weight excluding hydrogens is 290 g/mol. The van der Waals surface area contributed by atoms with E-state index in [0.29, 0.717) is 5.69 Å². The van der Waals surface area contributed by atoms with Gasteiger partial charge in [0.15, 0.2) is 0 Å². The lowest BCUT2D eigenvalue weighted by atomic mass is 10.1. The van der Waals surface area contributed by atoms with E-state index >= 15 is 0 Å². The highest BCUT2D eigenvalue weighted by atomic mass is 16.1. The molecule has 112 valence electrons. The molecule has 23 heavy (non-hydrogen) atoms. The number of fused-ring (bicyclic) bond motifs is 3. The Morgan fingerprint density at radius 3 is 2.13 bits per heavy atom. The second kappa shape index (κ2) is 6.24. The maximum absolute atomic E-state index is 10.5. The summed E-state index contributed by atoms with van der Waals surface area (Å²) in [4.78, 5) is 31.6. The van der Waals surface area contributed by atoms with Gasteiger partial charge in [-0.05, 0) is 19.1 Å². The highest BCUT2D eigenvalue weighted by Gasteiger charge is 2.07. The van der Waals surface area contributed by atoms with Gasteiger partial charge in [0, 0.05) is 16.5 Å². The Hall–Kier alpha value is -3.26. The Morgan fingerprint density at radius 2 is 1.48 bits per heavy atom. The van der Waals surface area contributed by atoms with Crippen LogP contribution in [0.1, 0.15) is 11.4 Å². The van der Waals surface area contributed by atoms with Gasteiger partial charge in [0.25, 0.3) is 0 Å². The summed E-state index contributed by atoms with van der Waals surface area (Å²) in [5.41, 5.74) is 3.28. The summed E-state index contributed by atoms with van der Waals surface area (Å²) in [6.45, 7) is 2.22. The van der Waals surface area contributed by atoms with Gasteiger partial charge in [-0.2, -0.15) is 0 Å². The van der Waals surface area contributed by atoms with Crippen molar-refractivity contribution >= 4 is 33.7 Å². The van der Waals surface area contributed by atoms with Crippen LogP contribution in [0, 0.1) is 6.92 Å². The normalized spacial score (nSPS) is 10.1. The molecule has 5 nitrogen and oxygen atoms in total. The van der Waals surface area contributed by atoms with E-state index in [4.69, 9.17) is 0 Å². The van der Waals surface area contributed by atoms with Gasteiger partial charge in [0.05, 0.1) is 35.7 Å². The monoisotopic (exact) mass is 303 g/mol. The van der Waals surface area contributed by atoms with Crippen molar-refractivity contribution in [3.63, 3.8) is 0 Å². The van der Waals surface area contributed by atoms with Gasteiger partial charge in [-0.1, -0.05) is 24.3 Å². The number of carbonyl (C=O) groups excluding carboxylic acids is 2. The van der Waals surface area contributed by atoms with E-state index in [2.05, 4.69) is 9.97 Å². The predicted octanol–water partition coefficient (Wildman–Crippen LogP) is 2.58. The van der Waals surface area contributed by atoms with Gasteiger partial charge in [0.1, 0.15) is 11.9 Å². The van der Waals surface area contributed by atoms with E-state index in [1.165, 1.54) is 4.90 Å². The van der Waals surface area contributed by atoms with Gasteiger partial charge in [-0.25, -0.2) is 14.6 Å². The van der Waals surface area contributed by atoms with Crippen LogP contribution in [0.25, 0.3) is 21.8 Å². The average molecular weight is 303 g/mol. The van der Waals surface area contributed by atoms with E-state index in [1.54, 1.807) is 11.9 Å². The summed E-state index contributed by atoms with van der Waals surface area (Å²) < 4.78 is 0. The standard InChI is InChI=1S/C18H13N3O2/c1-13-2-3-14-4-5-15-6-7-16(20-18(15)17(14)19-13)12-21(8-10-22)9-11-23/h2-9H,12H2,1H3. The van der Waals surface area contributed by atoms with E-state index in [9.17, 15) is 9.59 Å². The second-order valence-electron chi connectivity index (χ2n) is 5.13. The van der Waals surface area contributed by atoms with Crippen LogP contribution >= 0.6 is 0 Å². The minimum absolute atomic E-state index is 0.280. The first-order valence-electron chi connectivity index (χ1n) is 7.05. The number of aryl methyl sites for hydroxylation is 1. The molecule has 0 spiro atoms. The highest BCUT2D eigenvalue weighted by molar-refractivity contribution is 6.02. The Morgan fingerprint density at radius 1 is 0.913 bits per heavy atom. The number of hydrogen-bond donors (Lipinski definition) is 0. The van der Waals surface area contributed by atoms with Crippen LogP contribution < -0.4 is 0 Å². The lowest BCUT2D eigenvalue weighted by Crippen LogP contribution is -2.11. The molecule has 0 amide bonds. The van der Waals surface area contributed by atoms with Crippen LogP contribution in [0.2, 0.25) is 0 Å². The summed E-state index contributed by atoms with van der Waals surface area (Å²) in [7, 11) is 0. The van der Waals surface area contributed by atoms with Crippen molar-refractivity contribution in [1.29, 1.82) is 0 Å². The van der Waals surface area contributed by atoms with Gasteiger partial charge >= 0.3 is 0 Å². The molecule has 0 bridgehead atoms. The molecule has 0 saturated carbocycles. The van der Waals surface area contributed by atoms with Crippen LogP contribution in [-0.2, 0) is 16.1 Å². The van der Waals surface area contributed by atoms with Gasteiger partial charge in [-0.3, -0.25) is 4.98 Å². The molecule has 0 aliphatic carbocycles. The fraction of sp³-hybridized carbons (Fsp3) is 0.111. The number of hydrogen-bond acceptors (Lipinski definition) is 5. The smallest absolute Gasteiger partial charge is 0.142 e. The predicted molar refractivity (Wildman–Crippen MR) is 87.9 cm³/mol. The Labute approximate surface area is 132 Å². The van der Waals surface area contributed by atoms with Crippen LogP contribution in [-0.4, -0.2) is 26.8 Å². The molecule has 5 heteroatoms. The first kappa shape index (κ1) is 14.7. The fourth-order valence-electron chi connectivity index (χ4n) is 2.44. The number of nitrogens with zero attached hydrogens (tertiary/aromatic N) is 3. The van der Waals surface area contributed by atoms with Crippen LogP contribution in [0.5, 0.6) is 0 Å². The lowest BCUT2D eigenvalue weighted by molar-refractivity contribution is 0.486. The molecular formula is C18H13N3O2. The Bertz CT molecular complexity index is 966. The molecule has 0 fully saturated rings. The van der Waals surface area contributed by atoms with E-state index in [-0.39, 0.29) is 6.54 Å². The van der Waals surface area contributed by atoms with Crippen molar-refractivity contribution in [3.8, 4) is 0 Å².